The average molecular weight is 717 g/mol. The molecule has 2 amide bonds. The Morgan fingerprint density at radius 3 is 2.04 bits per heavy atom. The zero-order valence-electron chi connectivity index (χ0n) is 30.9. The summed E-state index contributed by atoms with van der Waals surface area (Å²) in [5.74, 6) is -6.09. The average Bonchev–Trinajstić information content (AvgIpc) is 3.55. The minimum Gasteiger partial charge on any atom is -0.503 e. The second kappa shape index (κ2) is 18.0. The number of furan rings is 1. The number of carbonyl (C=O) groups excluding carboxylic acids is 5. The molecule has 0 radical (unpaired) electrons. The predicted molar refractivity (Wildman–Crippen MR) is 195 cm³/mol. The lowest BCUT2D eigenvalue weighted by Gasteiger charge is -2.34. The number of hydrogen-bond acceptors (Lipinski definition) is 10. The predicted octanol–water partition coefficient (Wildman–Crippen LogP) is 6.68. The van der Waals surface area contributed by atoms with Gasteiger partial charge in [0.1, 0.15) is 17.0 Å². The lowest BCUT2D eigenvalue weighted by molar-refractivity contribution is -0.163. The molecule has 0 aliphatic carbocycles. The van der Waals surface area contributed by atoms with Gasteiger partial charge in [-0.15, -0.1) is 0 Å². The molecule has 1 heterocycles. The number of aliphatic hydroxyl groups excluding tert-OH is 1. The normalized spacial score (nSPS) is 13.4. The van der Waals surface area contributed by atoms with E-state index in [1.165, 1.54) is 11.0 Å². The zero-order valence-corrected chi connectivity index (χ0v) is 30.9. The molecule has 0 aliphatic rings. The molecular weight excluding hydrogens is 668 g/mol. The van der Waals surface area contributed by atoms with Crippen LogP contribution in [-0.4, -0.2) is 70.6 Å². The summed E-state index contributed by atoms with van der Waals surface area (Å²) >= 11 is 0. The van der Waals surface area contributed by atoms with E-state index in [-0.39, 0.29) is 24.5 Å². The van der Waals surface area contributed by atoms with Crippen molar-refractivity contribution in [3.05, 3.63) is 107 Å². The summed E-state index contributed by atoms with van der Waals surface area (Å²) < 4.78 is 21.8. The van der Waals surface area contributed by atoms with Gasteiger partial charge < -0.3 is 34.0 Å². The molecule has 12 nitrogen and oxygen atoms in total. The number of amides is 2. The van der Waals surface area contributed by atoms with E-state index in [0.29, 0.717) is 5.69 Å². The third-order valence-corrected chi connectivity index (χ3v) is 7.48. The second-order valence-electron chi connectivity index (χ2n) is 14.0. The first-order valence-electron chi connectivity index (χ1n) is 16.8. The fourth-order valence-electron chi connectivity index (χ4n) is 4.96. The van der Waals surface area contributed by atoms with Crippen LogP contribution in [0.1, 0.15) is 76.8 Å². The van der Waals surface area contributed by atoms with Gasteiger partial charge in [0.05, 0.1) is 25.0 Å². The minimum atomic E-state index is -1.09. The molecule has 0 fully saturated rings. The second-order valence-corrected chi connectivity index (χ2v) is 14.0. The number of hydrogen-bond donors (Lipinski definition) is 2. The van der Waals surface area contributed by atoms with Crippen molar-refractivity contribution in [3.63, 3.8) is 0 Å². The number of aliphatic hydroxyl groups is 1. The highest BCUT2D eigenvalue weighted by Gasteiger charge is 2.38. The van der Waals surface area contributed by atoms with Crippen molar-refractivity contribution >= 4 is 41.5 Å². The van der Waals surface area contributed by atoms with E-state index in [0.717, 1.165) is 12.7 Å². The van der Waals surface area contributed by atoms with Crippen LogP contribution >= 0.6 is 0 Å². The molecule has 52 heavy (non-hydrogen) atoms. The summed E-state index contributed by atoms with van der Waals surface area (Å²) in [7, 11) is 1.10. The summed E-state index contributed by atoms with van der Waals surface area (Å²) in [6.07, 6.45) is 2.56. The first-order valence-corrected chi connectivity index (χ1v) is 16.8. The molecule has 1 aromatic heterocycles. The van der Waals surface area contributed by atoms with Crippen LogP contribution in [-0.2, 0) is 39.8 Å². The van der Waals surface area contributed by atoms with Crippen molar-refractivity contribution in [2.75, 3.05) is 19.0 Å². The number of benzene rings is 2. The SMILES string of the molecule is COC(=O)CC(C(=O)OC(C)(C)C)=C(O)C(=O)N(C/C=C/c1ccccc1)C(C)C(Cc1ccc(C(=O)Nc2ccccc2)o1)C(=O)OC(C)(C)C. The Hall–Kier alpha value is -5.65. The summed E-state index contributed by atoms with van der Waals surface area (Å²) in [6.45, 7) is 11.3. The van der Waals surface area contributed by atoms with Crippen LogP contribution in [0.15, 0.2) is 94.6 Å². The lowest BCUT2D eigenvalue weighted by Crippen LogP contribution is -2.48. The Morgan fingerprint density at radius 2 is 1.46 bits per heavy atom. The molecule has 0 bridgehead atoms. The van der Waals surface area contributed by atoms with Crippen LogP contribution in [0.4, 0.5) is 5.69 Å². The third-order valence-electron chi connectivity index (χ3n) is 7.48. The van der Waals surface area contributed by atoms with Crippen molar-refractivity contribution in [1.29, 1.82) is 0 Å². The Balaban J connectivity index is 2.07. The van der Waals surface area contributed by atoms with Crippen LogP contribution in [0.5, 0.6) is 0 Å². The van der Waals surface area contributed by atoms with Crippen LogP contribution < -0.4 is 5.32 Å². The number of esters is 3. The van der Waals surface area contributed by atoms with Gasteiger partial charge in [-0.2, -0.15) is 0 Å². The van der Waals surface area contributed by atoms with Crippen molar-refractivity contribution < 1.29 is 47.7 Å². The molecule has 0 saturated heterocycles. The van der Waals surface area contributed by atoms with Gasteiger partial charge in [0, 0.05) is 24.7 Å². The van der Waals surface area contributed by atoms with Crippen LogP contribution in [0, 0.1) is 5.92 Å². The molecular formula is C40H48N2O10. The van der Waals surface area contributed by atoms with Gasteiger partial charge in [-0.25, -0.2) is 4.79 Å². The quantitative estimate of drug-likeness (QED) is 0.0797. The fraction of sp³-hybridized carbons (Fsp3) is 0.375. The summed E-state index contributed by atoms with van der Waals surface area (Å²) in [6, 6.07) is 20.1. The maximum absolute atomic E-state index is 14.2. The number of anilines is 1. The first-order chi connectivity index (χ1) is 24.4. The maximum atomic E-state index is 14.2. The van der Waals surface area contributed by atoms with Crippen molar-refractivity contribution in [2.45, 2.75) is 78.6 Å². The topological polar surface area (TPSA) is 162 Å². The van der Waals surface area contributed by atoms with Crippen LogP contribution in [0.25, 0.3) is 6.08 Å². The Bertz CT molecular complexity index is 1760. The summed E-state index contributed by atoms with van der Waals surface area (Å²) in [4.78, 5) is 67.7. The standard InChI is InChI=1S/C40H48N2O10/c1-26(30(37(47)51-39(2,3)4)24-29-21-22-32(50-29)35(45)41-28-19-13-10-14-20-28)42(23-15-18-27-16-11-9-12-17-27)36(46)34(44)31(25-33(43)49-8)38(48)52-40(5,6)7/h9-22,26,30,44H,23-25H2,1-8H3,(H,41,45)/b18-15+,34-31?. The van der Waals surface area contributed by atoms with Gasteiger partial charge >= 0.3 is 17.9 Å². The number of nitrogens with zero attached hydrogens (tertiary/aromatic N) is 1. The maximum Gasteiger partial charge on any atom is 0.339 e. The van der Waals surface area contributed by atoms with E-state index in [2.05, 4.69) is 5.32 Å². The van der Waals surface area contributed by atoms with E-state index in [9.17, 15) is 29.1 Å². The number of ether oxygens (including phenoxy) is 3. The van der Waals surface area contributed by atoms with Crippen molar-refractivity contribution in [1.82, 2.24) is 4.90 Å². The highest BCUT2D eigenvalue weighted by Crippen LogP contribution is 2.26. The molecule has 3 rings (SSSR count). The Morgan fingerprint density at radius 1 is 0.865 bits per heavy atom. The molecule has 0 aliphatic heterocycles. The molecule has 2 N–H and O–H groups in total. The summed E-state index contributed by atoms with van der Waals surface area (Å²) in [5.41, 5.74) is -1.15. The number of carbonyl (C=O) groups is 5. The molecule has 12 heteroatoms. The minimum absolute atomic E-state index is 0.00133. The molecule has 0 saturated carbocycles. The third kappa shape index (κ3) is 12.6. The number of rotatable bonds is 14. The van der Waals surface area contributed by atoms with Gasteiger partial charge in [-0.1, -0.05) is 60.7 Å². The molecule has 2 aromatic carbocycles. The largest absolute Gasteiger partial charge is 0.503 e. The highest BCUT2D eigenvalue weighted by molar-refractivity contribution is 6.04. The van der Waals surface area contributed by atoms with Gasteiger partial charge in [0.25, 0.3) is 11.8 Å². The Kier molecular flexibility index (Phi) is 14.1. The fourth-order valence-corrected chi connectivity index (χ4v) is 4.96. The van der Waals surface area contributed by atoms with Crippen LogP contribution in [0.2, 0.25) is 0 Å². The Labute approximate surface area is 304 Å². The van der Waals surface area contributed by atoms with Crippen molar-refractivity contribution in [3.8, 4) is 0 Å². The van der Waals surface area contributed by atoms with Gasteiger partial charge in [0.2, 0.25) is 0 Å². The first kappa shape index (κ1) is 40.8. The lowest BCUT2D eigenvalue weighted by atomic mass is 9.93. The van der Waals surface area contributed by atoms with Gasteiger partial charge in [-0.05, 0) is 78.3 Å². The summed E-state index contributed by atoms with van der Waals surface area (Å²) in [5, 5.41) is 14.1. The molecule has 2 atom stereocenters. The molecule has 278 valence electrons. The molecule has 2 unspecified atom stereocenters. The van der Waals surface area contributed by atoms with E-state index in [1.54, 1.807) is 91.0 Å². The van der Waals surface area contributed by atoms with E-state index < -0.39 is 70.6 Å². The van der Waals surface area contributed by atoms with Gasteiger partial charge in [0.15, 0.2) is 11.5 Å². The number of para-hydroxylation sites is 1. The van der Waals surface area contributed by atoms with Crippen molar-refractivity contribution in [2.24, 2.45) is 5.92 Å². The zero-order chi connectivity index (χ0) is 38.6. The van der Waals surface area contributed by atoms with Gasteiger partial charge in [-0.3, -0.25) is 19.2 Å². The smallest absolute Gasteiger partial charge is 0.339 e. The van der Waals surface area contributed by atoms with E-state index in [1.807, 2.05) is 36.4 Å². The number of nitrogens with one attached hydrogen (secondary N) is 1. The van der Waals surface area contributed by atoms with E-state index >= 15 is 0 Å². The number of methoxy groups -OCH3 is 1. The van der Waals surface area contributed by atoms with Crippen LogP contribution in [0.3, 0.4) is 0 Å². The highest BCUT2D eigenvalue weighted by atomic mass is 16.6. The monoisotopic (exact) mass is 716 g/mol. The molecule has 3 aromatic rings. The van der Waals surface area contributed by atoms with E-state index in [4.69, 9.17) is 18.6 Å². The molecule has 0 spiro atoms.